The molecule has 90 valence electrons. The highest BCUT2D eigenvalue weighted by molar-refractivity contribution is 4.71. The van der Waals surface area contributed by atoms with Crippen molar-refractivity contribution >= 4 is 0 Å². The summed E-state index contributed by atoms with van der Waals surface area (Å²) in [5.74, 6) is 0.886. The van der Waals surface area contributed by atoms with Crippen LogP contribution in [-0.4, -0.2) is 39.0 Å². The summed E-state index contributed by atoms with van der Waals surface area (Å²) in [5.41, 5.74) is 0. The van der Waals surface area contributed by atoms with E-state index < -0.39 is 0 Å². The van der Waals surface area contributed by atoms with Gasteiger partial charge >= 0.3 is 0 Å². The highest BCUT2D eigenvalue weighted by Crippen LogP contribution is 2.28. The molecule has 0 heterocycles. The molecule has 1 N–H and O–H groups in total. The Morgan fingerprint density at radius 3 is 2.67 bits per heavy atom. The van der Waals surface area contributed by atoms with Crippen LogP contribution in [0.4, 0.5) is 0 Å². The summed E-state index contributed by atoms with van der Waals surface area (Å²) in [4.78, 5) is 0. The first-order chi connectivity index (χ1) is 7.29. The SMILES string of the molecule is CC(C)OCCNCCCOCC1CC1. The number of hydrogen-bond acceptors (Lipinski definition) is 3. The number of nitrogens with one attached hydrogen (secondary N) is 1. The van der Waals surface area contributed by atoms with Crippen LogP contribution in [0.25, 0.3) is 0 Å². The number of ether oxygens (including phenoxy) is 2. The van der Waals surface area contributed by atoms with Crippen LogP contribution in [0.15, 0.2) is 0 Å². The van der Waals surface area contributed by atoms with Crippen molar-refractivity contribution in [3.63, 3.8) is 0 Å². The van der Waals surface area contributed by atoms with Gasteiger partial charge in [0.1, 0.15) is 0 Å². The minimum absolute atomic E-state index is 0.341. The molecule has 15 heavy (non-hydrogen) atoms. The van der Waals surface area contributed by atoms with Crippen molar-refractivity contribution in [1.29, 1.82) is 0 Å². The lowest BCUT2D eigenvalue weighted by Crippen LogP contribution is -2.23. The smallest absolute Gasteiger partial charge is 0.0594 e. The molecule has 0 atom stereocenters. The van der Waals surface area contributed by atoms with Gasteiger partial charge < -0.3 is 14.8 Å². The molecule has 0 aromatic rings. The monoisotopic (exact) mass is 215 g/mol. The standard InChI is InChI=1S/C12H25NO2/c1-11(2)15-9-7-13-6-3-8-14-10-12-4-5-12/h11-13H,3-10H2,1-2H3. The molecule has 1 saturated carbocycles. The fourth-order valence-electron chi connectivity index (χ4n) is 1.33. The Bertz CT molecular complexity index is 139. The van der Waals surface area contributed by atoms with Crippen molar-refractivity contribution in [3.05, 3.63) is 0 Å². The second-order valence-corrected chi connectivity index (χ2v) is 4.54. The van der Waals surface area contributed by atoms with E-state index in [0.717, 1.165) is 45.2 Å². The van der Waals surface area contributed by atoms with Crippen LogP contribution in [0.5, 0.6) is 0 Å². The molecule has 3 heteroatoms. The number of hydrogen-bond donors (Lipinski definition) is 1. The predicted molar refractivity (Wildman–Crippen MR) is 62.1 cm³/mol. The zero-order valence-electron chi connectivity index (χ0n) is 10.1. The Morgan fingerprint density at radius 1 is 1.20 bits per heavy atom. The van der Waals surface area contributed by atoms with Gasteiger partial charge in [-0.05, 0) is 45.6 Å². The zero-order valence-corrected chi connectivity index (χ0v) is 10.1. The van der Waals surface area contributed by atoms with Crippen molar-refractivity contribution in [2.45, 2.75) is 39.2 Å². The van der Waals surface area contributed by atoms with E-state index in [4.69, 9.17) is 9.47 Å². The lowest BCUT2D eigenvalue weighted by Gasteiger charge is -2.08. The van der Waals surface area contributed by atoms with E-state index >= 15 is 0 Å². The van der Waals surface area contributed by atoms with Crippen LogP contribution in [0.3, 0.4) is 0 Å². The second-order valence-electron chi connectivity index (χ2n) is 4.54. The molecule has 0 aromatic heterocycles. The summed E-state index contributed by atoms with van der Waals surface area (Å²) in [7, 11) is 0. The molecule has 3 nitrogen and oxygen atoms in total. The molecule has 1 aliphatic carbocycles. The van der Waals surface area contributed by atoms with Crippen molar-refractivity contribution in [2.24, 2.45) is 5.92 Å². The molecule has 0 unspecified atom stereocenters. The summed E-state index contributed by atoms with van der Waals surface area (Å²) in [6.07, 6.45) is 4.21. The average Bonchev–Trinajstić information content (AvgIpc) is 2.98. The number of rotatable bonds is 10. The molecule has 0 aromatic carbocycles. The average molecular weight is 215 g/mol. The van der Waals surface area contributed by atoms with Gasteiger partial charge in [0.25, 0.3) is 0 Å². The summed E-state index contributed by atoms with van der Waals surface area (Å²) in [5, 5.41) is 3.34. The van der Waals surface area contributed by atoms with Gasteiger partial charge in [0.15, 0.2) is 0 Å². The highest BCUT2D eigenvalue weighted by atomic mass is 16.5. The van der Waals surface area contributed by atoms with Crippen molar-refractivity contribution in [2.75, 3.05) is 32.9 Å². The van der Waals surface area contributed by atoms with Crippen molar-refractivity contribution in [3.8, 4) is 0 Å². The van der Waals surface area contributed by atoms with Gasteiger partial charge in [0.05, 0.1) is 12.7 Å². The summed E-state index contributed by atoms with van der Waals surface area (Å²) < 4.78 is 10.9. The fourth-order valence-corrected chi connectivity index (χ4v) is 1.33. The quantitative estimate of drug-likeness (QED) is 0.564. The Balaban J connectivity index is 1.65. The van der Waals surface area contributed by atoms with Crippen molar-refractivity contribution < 1.29 is 9.47 Å². The van der Waals surface area contributed by atoms with Gasteiger partial charge in [-0.1, -0.05) is 0 Å². The largest absolute Gasteiger partial charge is 0.381 e. The first-order valence-corrected chi connectivity index (χ1v) is 6.19. The van der Waals surface area contributed by atoms with Gasteiger partial charge in [-0.15, -0.1) is 0 Å². The van der Waals surface area contributed by atoms with E-state index in [2.05, 4.69) is 19.2 Å². The highest BCUT2D eigenvalue weighted by Gasteiger charge is 2.20. The molecule has 1 fully saturated rings. The third kappa shape index (κ3) is 8.85. The first kappa shape index (κ1) is 12.9. The van der Waals surface area contributed by atoms with Crippen LogP contribution in [-0.2, 0) is 9.47 Å². The fraction of sp³-hybridized carbons (Fsp3) is 1.00. The Labute approximate surface area is 93.5 Å². The normalized spacial score (nSPS) is 16.2. The summed E-state index contributed by atoms with van der Waals surface area (Å²) >= 11 is 0. The second kappa shape index (κ2) is 8.08. The Morgan fingerprint density at radius 2 is 2.00 bits per heavy atom. The molecule has 1 aliphatic rings. The van der Waals surface area contributed by atoms with Crippen molar-refractivity contribution in [1.82, 2.24) is 5.32 Å². The molecular weight excluding hydrogens is 190 g/mol. The van der Waals surface area contributed by atoms with Crippen LogP contribution < -0.4 is 5.32 Å². The molecule has 0 spiro atoms. The molecule has 1 rings (SSSR count). The molecule has 0 saturated heterocycles. The Kier molecular flexibility index (Phi) is 6.98. The van der Waals surface area contributed by atoms with E-state index in [1.807, 2.05) is 0 Å². The predicted octanol–water partition coefficient (Wildman–Crippen LogP) is 1.82. The maximum absolute atomic E-state index is 5.53. The minimum Gasteiger partial charge on any atom is -0.381 e. The van der Waals surface area contributed by atoms with E-state index in [1.165, 1.54) is 12.8 Å². The summed E-state index contributed by atoms with van der Waals surface area (Å²) in [6, 6.07) is 0. The first-order valence-electron chi connectivity index (χ1n) is 6.19. The third-order valence-corrected chi connectivity index (χ3v) is 2.42. The molecule has 0 amide bonds. The van der Waals surface area contributed by atoms with Gasteiger partial charge in [0.2, 0.25) is 0 Å². The molecular formula is C12H25NO2. The van der Waals surface area contributed by atoms with E-state index in [0.29, 0.717) is 6.10 Å². The maximum atomic E-state index is 5.53. The molecule has 0 bridgehead atoms. The van der Waals surface area contributed by atoms with Gasteiger partial charge in [-0.2, -0.15) is 0 Å². The van der Waals surface area contributed by atoms with Gasteiger partial charge in [-0.3, -0.25) is 0 Å². The molecule has 0 aliphatic heterocycles. The lowest BCUT2D eigenvalue weighted by molar-refractivity contribution is 0.0798. The zero-order chi connectivity index (χ0) is 10.9. The summed E-state index contributed by atoms with van der Waals surface area (Å²) in [6.45, 7) is 8.79. The molecule has 0 radical (unpaired) electrons. The minimum atomic E-state index is 0.341. The third-order valence-electron chi connectivity index (χ3n) is 2.42. The van der Waals surface area contributed by atoms with Crippen LogP contribution in [0, 0.1) is 5.92 Å². The van der Waals surface area contributed by atoms with E-state index in [1.54, 1.807) is 0 Å². The van der Waals surface area contributed by atoms with Gasteiger partial charge in [-0.25, -0.2) is 0 Å². The van der Waals surface area contributed by atoms with Crippen LogP contribution >= 0.6 is 0 Å². The topological polar surface area (TPSA) is 30.5 Å². The van der Waals surface area contributed by atoms with E-state index in [9.17, 15) is 0 Å². The van der Waals surface area contributed by atoms with Gasteiger partial charge in [0, 0.05) is 19.8 Å². The lowest BCUT2D eigenvalue weighted by atomic mass is 10.4. The van der Waals surface area contributed by atoms with Crippen LogP contribution in [0.2, 0.25) is 0 Å². The maximum Gasteiger partial charge on any atom is 0.0594 e. The van der Waals surface area contributed by atoms with E-state index in [-0.39, 0.29) is 0 Å². The Hall–Kier alpha value is -0.120. The van der Waals surface area contributed by atoms with Crippen LogP contribution in [0.1, 0.15) is 33.1 Å².